The molecule has 10 rings (SSSR count). The fraction of sp³-hybridized carbons (Fsp3) is 0.348. The summed E-state index contributed by atoms with van der Waals surface area (Å²) in [5, 5.41) is 3.81. The second kappa shape index (κ2) is 32.7. The molecule has 10 aromatic carbocycles. The minimum atomic E-state index is -0.671. The molecule has 1 N–H and O–H groups in total. The van der Waals surface area contributed by atoms with Gasteiger partial charge in [0, 0.05) is 45.5 Å². The van der Waals surface area contributed by atoms with Crippen molar-refractivity contribution in [1.29, 1.82) is 0 Å². The molecule has 0 fully saturated rings. The zero-order valence-corrected chi connectivity index (χ0v) is 67.9. The van der Waals surface area contributed by atoms with E-state index in [1.165, 1.54) is 5.56 Å². The van der Waals surface area contributed by atoms with Crippen LogP contribution >= 0.6 is 58.0 Å². The molecule has 4 nitrogen and oxygen atoms in total. The second-order valence-electron chi connectivity index (χ2n) is 33.5. The molecule has 0 bridgehead atoms. The Bertz CT molecular complexity index is 5020. The summed E-state index contributed by atoms with van der Waals surface area (Å²) in [7, 11) is 0. The number of hydrogen-bond acceptors (Lipinski definition) is 4. The zero-order chi connectivity index (χ0) is 88.9. The molecule has 0 amide bonds. The lowest BCUT2D eigenvalue weighted by molar-refractivity contribution is 0.590. The summed E-state index contributed by atoms with van der Waals surface area (Å²) in [6, 6.07) is 39.6. The maximum absolute atomic E-state index is 9.47. The molecule has 0 atom stereocenters. The third-order valence-corrected chi connectivity index (χ3v) is 17.9. The third kappa shape index (κ3) is 21.5. The quantitative estimate of drug-likeness (QED) is 0.130. The van der Waals surface area contributed by atoms with Gasteiger partial charge >= 0.3 is 0 Å². The van der Waals surface area contributed by atoms with Crippen LogP contribution in [0, 0.1) is 0 Å². The molecule has 9 heteroatoms. The lowest BCUT2D eigenvalue weighted by atomic mass is 9.86. The minimum Gasteiger partial charge on any atom is -0.356 e. The number of benzene rings is 10. The fourth-order valence-corrected chi connectivity index (χ4v) is 11.0. The molecule has 0 saturated heterocycles. The van der Waals surface area contributed by atoms with E-state index in [1.807, 2.05) is 180 Å². The molecule has 101 heavy (non-hydrogen) atoms. The summed E-state index contributed by atoms with van der Waals surface area (Å²) in [6.07, 6.45) is 0. The number of rotatable bonds is 11. The van der Waals surface area contributed by atoms with Crippen LogP contribution in [-0.4, -0.2) is 0 Å². The fourth-order valence-electron chi connectivity index (χ4n) is 10.3. The molecule has 0 unspecified atom stereocenters. The van der Waals surface area contributed by atoms with E-state index in [9.17, 15) is 8.34 Å². The molecule has 534 valence electrons. The Balaban J connectivity index is 0.000000265. The van der Waals surface area contributed by atoms with E-state index in [0.717, 1.165) is 22.4 Å². The highest BCUT2D eigenvalue weighted by atomic mass is 127. The van der Waals surface area contributed by atoms with Gasteiger partial charge in [0.05, 0.1) is 54.1 Å². The van der Waals surface area contributed by atoms with Crippen LogP contribution in [0.1, 0.15) is 233 Å². The lowest BCUT2D eigenvalue weighted by Gasteiger charge is -2.32. The highest BCUT2D eigenvalue weighted by molar-refractivity contribution is 14.1. The predicted octanol–water partition coefficient (Wildman–Crippen LogP) is 30.9. The highest BCUT2D eigenvalue weighted by Gasteiger charge is 2.27. The summed E-state index contributed by atoms with van der Waals surface area (Å²) >= 11 is 21.1. The summed E-state index contributed by atoms with van der Waals surface area (Å²) in [4.78, 5) is 4.95. The maximum atomic E-state index is 9.47. The van der Waals surface area contributed by atoms with Crippen molar-refractivity contribution in [3.8, 4) is 0 Å². The largest absolute Gasteiger partial charge is 0.356 e. The standard InChI is InChI=1S/C46H55ClN2.C26H29Cl2N.C20H27N.FI/c1-43(2,3)32-16-24-36(25-17-32)48(37-26-18-33(19-27-37)44(4,5)6)40-14-13-15-41(42(40)47)49(38-28-20-34(21-29-38)45(7,8)9)39-30-22-35(23-31-39)46(10,11)12;1-25(2,3)18-10-14-20(15-11-18)29(23-9-7-8-22(27)24(23)28)21-16-12-19(13-17-21)26(4,5)6;1-19(2,3)15-7-11-17(12-8-15)21-18-13-9-16(10-14-18)20(4,5)6;1-2/h13-31H,1-12H3;7-17H,1-6H3;7-14,21H,1-6H3;/i16D,17D,20D,21D,24D,25D,28D,29D;10D,11D,14D,15D;7D,8D,11D,12D;. The summed E-state index contributed by atoms with van der Waals surface area (Å²) in [6.45, 7) is 48.0. The first-order chi connectivity index (χ1) is 53.6. The second-order valence-corrected chi connectivity index (χ2v) is 34.6. The van der Waals surface area contributed by atoms with Gasteiger partial charge in [-0.25, -0.2) is 0 Å². The number of nitrogens with zero attached hydrogens (tertiary/aromatic N) is 3. The Hall–Kier alpha value is -7.07. The van der Waals surface area contributed by atoms with Crippen LogP contribution in [0.15, 0.2) is 230 Å². The lowest BCUT2D eigenvalue weighted by Crippen LogP contribution is -2.16. The van der Waals surface area contributed by atoms with E-state index in [1.54, 1.807) is 51.1 Å². The van der Waals surface area contributed by atoms with Crippen LogP contribution in [0.25, 0.3) is 0 Å². The van der Waals surface area contributed by atoms with Crippen molar-refractivity contribution in [3.63, 3.8) is 0 Å². The van der Waals surface area contributed by atoms with Gasteiger partial charge in [0.2, 0.25) is 0 Å². The van der Waals surface area contributed by atoms with E-state index < -0.39 is 21.7 Å². The monoisotopic (exact) mass is 1540 g/mol. The summed E-state index contributed by atoms with van der Waals surface area (Å²) < 4.78 is 152. The van der Waals surface area contributed by atoms with E-state index in [-0.39, 0.29) is 151 Å². The number of hydrogen-bond donors (Lipinski definition) is 1. The number of halogens is 5. The molecular weight excluding hydrogens is 1410 g/mol. The van der Waals surface area contributed by atoms with Gasteiger partial charge in [0.25, 0.3) is 0 Å². The van der Waals surface area contributed by atoms with Gasteiger partial charge in [-0.05, 0) is 209 Å². The van der Waals surface area contributed by atoms with Gasteiger partial charge in [0.1, 0.15) is 0 Å². The molecule has 0 radical (unpaired) electrons. The van der Waals surface area contributed by atoms with Gasteiger partial charge < -0.3 is 20.0 Å². The maximum Gasteiger partial charge on any atom is 0.171 e. The van der Waals surface area contributed by atoms with Crippen LogP contribution in [0.3, 0.4) is 0 Å². The SMILES string of the molecule is FI.[2H]c1c([2H])c(C(C)(C)C)c([2H])c([2H])c1N(c1ccc(C(C)(C)C)cc1)c1cccc(Cl)c1Cl.[2H]c1c([2H])c(C(C)(C)C)c([2H])c([2H])c1N(c1ccc(C(C)(C)C)cc1)c1cccc(N(c2ccc(C(C)(C)C)cc2)c2c([2H])c([2H])c(C(C)(C)C)c([2H])c2[2H])c1Cl.[2H]c1c([2H])c(C(C)(C)C)c([2H])c([2H])c1Nc1ccc(C(C)(C)C)cc1. The molecule has 0 spiro atoms. The summed E-state index contributed by atoms with van der Waals surface area (Å²) in [5.74, 6) is 0. The number of nitrogens with one attached hydrogen (secondary N) is 1. The van der Waals surface area contributed by atoms with Crippen LogP contribution in [0.2, 0.25) is 15.1 Å². The Morgan fingerprint density at radius 3 is 0.723 bits per heavy atom. The van der Waals surface area contributed by atoms with E-state index >= 15 is 0 Å². The first kappa shape index (κ1) is 60.4. The minimum absolute atomic E-state index is 0.0143. The molecule has 0 aliphatic rings. The Morgan fingerprint density at radius 1 is 0.257 bits per heavy atom. The summed E-state index contributed by atoms with van der Waals surface area (Å²) in [5.41, 5.74) is 7.22. The Labute approximate surface area is 660 Å². The normalized spacial score (nSPS) is 14.4. The molecule has 0 heterocycles. The Morgan fingerprint density at radius 2 is 0.475 bits per heavy atom. The van der Waals surface area contributed by atoms with Crippen molar-refractivity contribution < 1.29 is 24.8 Å². The van der Waals surface area contributed by atoms with Crippen LogP contribution in [-0.2, 0) is 43.3 Å². The average Bonchev–Trinajstić information content (AvgIpc) is 0.745. The van der Waals surface area contributed by atoms with Crippen molar-refractivity contribution in [2.24, 2.45) is 0 Å². The first-order valence-electron chi connectivity index (χ1n) is 42.0. The van der Waals surface area contributed by atoms with Crippen LogP contribution in [0.5, 0.6) is 0 Å². The predicted molar refractivity (Wildman–Crippen MR) is 453 cm³/mol. The molecular formula is C92H111Cl3FIN4. The van der Waals surface area contributed by atoms with Gasteiger partial charge in [-0.3, -0.25) is 0 Å². The van der Waals surface area contributed by atoms with E-state index in [2.05, 4.69) is 88.4 Å². The van der Waals surface area contributed by atoms with Crippen molar-refractivity contribution in [2.75, 3.05) is 20.0 Å². The van der Waals surface area contributed by atoms with E-state index in [4.69, 9.17) is 51.3 Å². The van der Waals surface area contributed by atoms with Crippen molar-refractivity contribution >= 4 is 121 Å². The zero-order valence-electron chi connectivity index (χ0n) is 79.4. The molecule has 0 aliphatic heterocycles. The molecule has 0 aliphatic carbocycles. The third-order valence-electron chi connectivity index (χ3n) is 16.7. The Kier molecular flexibility index (Phi) is 19.6. The molecule has 10 aromatic rings. The topological polar surface area (TPSA) is 21.8 Å². The van der Waals surface area contributed by atoms with Gasteiger partial charge in [-0.15, -0.1) is 0 Å². The molecule has 0 saturated carbocycles. The average molecular weight is 1540 g/mol. The van der Waals surface area contributed by atoms with Crippen LogP contribution < -0.4 is 20.0 Å². The smallest absolute Gasteiger partial charge is 0.171 e. The van der Waals surface area contributed by atoms with Crippen molar-refractivity contribution in [2.45, 2.75) is 209 Å². The molecule has 0 aromatic heterocycles. The van der Waals surface area contributed by atoms with Crippen LogP contribution in [0.4, 0.5) is 65.4 Å². The highest BCUT2D eigenvalue weighted by Crippen LogP contribution is 2.49. The van der Waals surface area contributed by atoms with E-state index in [0.29, 0.717) is 84.6 Å². The van der Waals surface area contributed by atoms with Gasteiger partial charge in [0.15, 0.2) is 23.2 Å². The van der Waals surface area contributed by atoms with Crippen molar-refractivity contribution in [3.05, 3.63) is 290 Å². The van der Waals surface area contributed by atoms with Gasteiger partial charge in [-0.1, -0.05) is 310 Å². The first-order valence-corrected chi connectivity index (χ1v) is 35.9. The number of anilines is 11. The van der Waals surface area contributed by atoms with Gasteiger partial charge in [-0.2, -0.15) is 2.86 Å². The van der Waals surface area contributed by atoms with Crippen molar-refractivity contribution in [1.82, 2.24) is 0 Å².